The van der Waals surface area contributed by atoms with Gasteiger partial charge in [-0.25, -0.2) is 8.78 Å². The summed E-state index contributed by atoms with van der Waals surface area (Å²) >= 11 is 13.1. The topological polar surface area (TPSA) is 50.4 Å². The van der Waals surface area contributed by atoms with E-state index in [1.54, 1.807) is 16.7 Å². The van der Waals surface area contributed by atoms with Crippen LogP contribution in [-0.4, -0.2) is 25.5 Å². The Morgan fingerprint density at radius 2 is 2.00 bits per heavy atom. The lowest BCUT2D eigenvalue weighted by molar-refractivity contribution is 0.198. The molecule has 0 saturated heterocycles. The predicted molar refractivity (Wildman–Crippen MR) is 85.0 cm³/mol. The Kier molecular flexibility index (Phi) is 4.72. The first-order valence-corrected chi connectivity index (χ1v) is 8.15. The second kappa shape index (κ2) is 6.60. The van der Waals surface area contributed by atoms with E-state index in [0.29, 0.717) is 20.8 Å². The average Bonchev–Trinajstić information content (AvgIpc) is 2.90. The molecule has 9 heteroatoms. The lowest BCUT2D eigenvalue weighted by Crippen LogP contribution is -2.05. The van der Waals surface area contributed by atoms with Gasteiger partial charge in [0.1, 0.15) is 11.6 Å². The second-order valence-electron chi connectivity index (χ2n) is 4.68. The van der Waals surface area contributed by atoms with Crippen molar-refractivity contribution in [2.45, 2.75) is 11.3 Å². The summed E-state index contributed by atoms with van der Waals surface area (Å²) in [5.74, 6) is -1.22. The molecule has 0 fully saturated rings. The van der Waals surface area contributed by atoms with Crippen molar-refractivity contribution >= 4 is 40.6 Å². The smallest absolute Gasteiger partial charge is 0.195 e. The zero-order valence-electron chi connectivity index (χ0n) is 11.4. The standard InChI is InChI=1S/C14H9Cl2F2N3OS/c15-7-3-10(16)13-19-20-14(21(13)5-7)23-6-12(22)9-4-8(17)1-2-11(9)18/h1-5,12,22H,6H2/t12-/m0/s1. The van der Waals surface area contributed by atoms with Crippen LogP contribution in [0.2, 0.25) is 10.0 Å². The van der Waals surface area contributed by atoms with Crippen molar-refractivity contribution in [1.29, 1.82) is 0 Å². The molecule has 0 unspecified atom stereocenters. The van der Waals surface area contributed by atoms with Crippen LogP contribution in [0, 0.1) is 11.6 Å². The lowest BCUT2D eigenvalue weighted by atomic mass is 10.1. The van der Waals surface area contributed by atoms with Gasteiger partial charge in [0.05, 0.1) is 16.1 Å². The van der Waals surface area contributed by atoms with Gasteiger partial charge in [-0.3, -0.25) is 4.40 Å². The molecule has 0 aliphatic rings. The van der Waals surface area contributed by atoms with Gasteiger partial charge in [0.2, 0.25) is 0 Å². The van der Waals surface area contributed by atoms with Crippen molar-refractivity contribution < 1.29 is 13.9 Å². The van der Waals surface area contributed by atoms with E-state index in [1.165, 1.54) is 0 Å². The van der Waals surface area contributed by atoms with Crippen LogP contribution < -0.4 is 0 Å². The molecule has 1 N–H and O–H groups in total. The molecule has 0 spiro atoms. The van der Waals surface area contributed by atoms with E-state index in [-0.39, 0.29) is 11.3 Å². The van der Waals surface area contributed by atoms with E-state index in [1.807, 2.05) is 0 Å². The number of rotatable bonds is 4. The highest BCUT2D eigenvalue weighted by atomic mass is 35.5. The van der Waals surface area contributed by atoms with Gasteiger partial charge >= 0.3 is 0 Å². The highest BCUT2D eigenvalue weighted by molar-refractivity contribution is 7.99. The minimum atomic E-state index is -1.20. The number of pyridine rings is 1. The van der Waals surface area contributed by atoms with Crippen LogP contribution in [0.1, 0.15) is 11.7 Å². The monoisotopic (exact) mass is 375 g/mol. The van der Waals surface area contributed by atoms with E-state index in [0.717, 1.165) is 30.0 Å². The van der Waals surface area contributed by atoms with Gasteiger partial charge in [0.25, 0.3) is 0 Å². The zero-order chi connectivity index (χ0) is 16.6. The van der Waals surface area contributed by atoms with E-state index in [9.17, 15) is 13.9 Å². The normalized spacial score (nSPS) is 12.7. The van der Waals surface area contributed by atoms with E-state index in [2.05, 4.69) is 10.2 Å². The number of fused-ring (bicyclic) bond motifs is 1. The fraction of sp³-hybridized carbons (Fsp3) is 0.143. The molecule has 0 aliphatic heterocycles. The molecule has 0 amide bonds. The number of halogens is 4. The van der Waals surface area contributed by atoms with Crippen LogP contribution >= 0.6 is 35.0 Å². The molecule has 4 nitrogen and oxygen atoms in total. The van der Waals surface area contributed by atoms with Crippen molar-refractivity contribution in [3.8, 4) is 0 Å². The number of hydrogen-bond acceptors (Lipinski definition) is 4. The van der Waals surface area contributed by atoms with Crippen LogP contribution in [0.25, 0.3) is 5.65 Å². The van der Waals surface area contributed by atoms with Crippen LogP contribution in [0.4, 0.5) is 8.78 Å². The van der Waals surface area contributed by atoms with Crippen molar-refractivity contribution in [2.75, 3.05) is 5.75 Å². The lowest BCUT2D eigenvalue weighted by Gasteiger charge is -2.11. The average molecular weight is 376 g/mol. The van der Waals surface area contributed by atoms with E-state index < -0.39 is 17.7 Å². The number of nitrogens with zero attached hydrogens (tertiary/aromatic N) is 3. The fourth-order valence-corrected chi connectivity index (χ4v) is 3.39. The van der Waals surface area contributed by atoms with Gasteiger partial charge in [-0.15, -0.1) is 10.2 Å². The van der Waals surface area contributed by atoms with Crippen LogP contribution in [0.5, 0.6) is 0 Å². The molecule has 2 heterocycles. The quantitative estimate of drug-likeness (QED) is 0.696. The summed E-state index contributed by atoms with van der Waals surface area (Å²) in [7, 11) is 0. The van der Waals surface area contributed by atoms with Crippen molar-refractivity contribution in [3.05, 3.63) is 57.7 Å². The van der Waals surface area contributed by atoms with Crippen LogP contribution in [0.3, 0.4) is 0 Å². The molecule has 1 atom stereocenters. The Bertz CT molecular complexity index is 875. The highest BCUT2D eigenvalue weighted by Gasteiger charge is 2.17. The van der Waals surface area contributed by atoms with Gasteiger partial charge in [-0.2, -0.15) is 0 Å². The second-order valence-corrected chi connectivity index (χ2v) is 6.51. The number of thioether (sulfide) groups is 1. The molecule has 23 heavy (non-hydrogen) atoms. The van der Waals surface area contributed by atoms with Gasteiger partial charge in [-0.1, -0.05) is 35.0 Å². The summed E-state index contributed by atoms with van der Waals surface area (Å²) in [5, 5.41) is 19.1. The molecule has 3 rings (SSSR count). The Morgan fingerprint density at radius 3 is 2.78 bits per heavy atom. The fourth-order valence-electron chi connectivity index (χ4n) is 2.01. The zero-order valence-corrected chi connectivity index (χ0v) is 13.7. The van der Waals surface area contributed by atoms with Crippen molar-refractivity contribution in [2.24, 2.45) is 0 Å². The first-order chi connectivity index (χ1) is 11.0. The van der Waals surface area contributed by atoms with Gasteiger partial charge in [-0.05, 0) is 24.3 Å². The molecule has 120 valence electrons. The maximum absolute atomic E-state index is 13.6. The number of aromatic nitrogens is 3. The van der Waals surface area contributed by atoms with Gasteiger partial charge < -0.3 is 5.11 Å². The van der Waals surface area contributed by atoms with Gasteiger partial charge in [0.15, 0.2) is 10.8 Å². The molecule has 1 aromatic carbocycles. The molecule has 2 aromatic heterocycles. The molecular weight excluding hydrogens is 367 g/mol. The Hall–Kier alpha value is -1.41. The molecule has 0 saturated carbocycles. The van der Waals surface area contributed by atoms with Crippen molar-refractivity contribution in [3.63, 3.8) is 0 Å². The predicted octanol–water partition coefficient (Wildman–Crippen LogP) is 4.14. The number of benzene rings is 1. The first kappa shape index (κ1) is 16.4. The first-order valence-electron chi connectivity index (χ1n) is 6.41. The summed E-state index contributed by atoms with van der Waals surface area (Å²) < 4.78 is 28.4. The minimum Gasteiger partial charge on any atom is -0.387 e. The number of hydrogen-bond donors (Lipinski definition) is 1. The maximum atomic E-state index is 13.6. The van der Waals surface area contributed by atoms with Crippen molar-refractivity contribution in [1.82, 2.24) is 14.6 Å². The largest absolute Gasteiger partial charge is 0.387 e. The summed E-state index contributed by atoms with van der Waals surface area (Å²) in [6, 6.07) is 4.48. The van der Waals surface area contributed by atoms with E-state index in [4.69, 9.17) is 23.2 Å². The summed E-state index contributed by atoms with van der Waals surface area (Å²) in [4.78, 5) is 0. The van der Waals surface area contributed by atoms with Crippen LogP contribution in [-0.2, 0) is 0 Å². The Labute approximate surface area is 144 Å². The SMILES string of the molecule is O[C@@H](CSc1nnc2c(Cl)cc(Cl)cn12)c1cc(F)ccc1F. The van der Waals surface area contributed by atoms with Crippen LogP contribution in [0.15, 0.2) is 35.6 Å². The molecule has 3 aromatic rings. The third-order valence-corrected chi connectivity index (χ3v) is 4.59. The van der Waals surface area contributed by atoms with Gasteiger partial charge in [0, 0.05) is 17.5 Å². The Balaban J connectivity index is 1.82. The highest BCUT2D eigenvalue weighted by Crippen LogP contribution is 2.28. The molecule has 0 bridgehead atoms. The molecular formula is C14H9Cl2F2N3OS. The maximum Gasteiger partial charge on any atom is 0.195 e. The summed E-state index contributed by atoms with van der Waals surface area (Å²) in [6.07, 6.45) is 0.387. The molecule has 0 radical (unpaired) electrons. The molecule has 0 aliphatic carbocycles. The Morgan fingerprint density at radius 1 is 1.22 bits per heavy atom. The third kappa shape index (κ3) is 3.42. The number of aliphatic hydroxyl groups is 1. The minimum absolute atomic E-state index is 0.0608. The third-order valence-electron chi connectivity index (χ3n) is 3.08. The number of aliphatic hydroxyl groups excluding tert-OH is 1. The summed E-state index contributed by atoms with van der Waals surface area (Å²) in [5.41, 5.74) is 0.312. The summed E-state index contributed by atoms with van der Waals surface area (Å²) in [6.45, 7) is 0. The van der Waals surface area contributed by atoms with E-state index >= 15 is 0 Å².